The summed E-state index contributed by atoms with van der Waals surface area (Å²) in [5.74, 6) is 0. The van der Waals surface area contributed by atoms with Gasteiger partial charge in [-0.3, -0.25) is 0 Å². The van der Waals surface area contributed by atoms with E-state index in [4.69, 9.17) is 11.6 Å². The number of halogens is 1. The monoisotopic (exact) mass is 253 g/mol. The van der Waals surface area contributed by atoms with Crippen LogP contribution in [0.3, 0.4) is 0 Å². The van der Waals surface area contributed by atoms with E-state index in [-0.39, 0.29) is 12.1 Å². The molecule has 0 spiro atoms. The van der Waals surface area contributed by atoms with Crippen molar-refractivity contribution in [2.24, 2.45) is 0 Å². The number of hydrogen-bond acceptors (Lipinski definition) is 2. The zero-order valence-corrected chi connectivity index (χ0v) is 11.0. The van der Waals surface area contributed by atoms with Crippen LogP contribution in [0.5, 0.6) is 0 Å². The van der Waals surface area contributed by atoms with E-state index in [2.05, 4.69) is 17.4 Å². The summed E-state index contributed by atoms with van der Waals surface area (Å²) in [5.41, 5.74) is 2.28. The predicted octanol–water partition coefficient (Wildman–Crippen LogP) is 3.04. The van der Waals surface area contributed by atoms with Crippen molar-refractivity contribution in [3.63, 3.8) is 0 Å². The molecule has 2 nitrogen and oxygen atoms in total. The number of aryl methyl sites for hydroxylation is 1. The standard InChI is InChI=1S/C14H20ClNO/c1-10-6-7-11(12(15)8-10)9-16-13-4-2-3-5-14(13)17/h6-8,13-14,16-17H,2-5,9H2,1H3. The van der Waals surface area contributed by atoms with Gasteiger partial charge in [-0.1, -0.05) is 36.6 Å². The number of rotatable bonds is 3. The molecule has 0 saturated heterocycles. The van der Waals surface area contributed by atoms with Gasteiger partial charge in [0.25, 0.3) is 0 Å². The minimum atomic E-state index is -0.201. The van der Waals surface area contributed by atoms with Crippen molar-refractivity contribution in [3.8, 4) is 0 Å². The van der Waals surface area contributed by atoms with Crippen LogP contribution in [0.4, 0.5) is 0 Å². The molecule has 1 saturated carbocycles. The van der Waals surface area contributed by atoms with Crippen molar-refractivity contribution in [3.05, 3.63) is 34.3 Å². The minimum Gasteiger partial charge on any atom is -0.392 e. The quantitative estimate of drug-likeness (QED) is 0.868. The van der Waals surface area contributed by atoms with Gasteiger partial charge in [-0.2, -0.15) is 0 Å². The summed E-state index contributed by atoms with van der Waals surface area (Å²) >= 11 is 6.18. The molecule has 0 aliphatic heterocycles. The topological polar surface area (TPSA) is 32.3 Å². The molecular weight excluding hydrogens is 234 g/mol. The number of nitrogens with one attached hydrogen (secondary N) is 1. The molecule has 2 atom stereocenters. The molecule has 1 aromatic carbocycles. The summed E-state index contributed by atoms with van der Waals surface area (Å²) in [6, 6.07) is 6.33. The zero-order chi connectivity index (χ0) is 12.3. The average molecular weight is 254 g/mol. The smallest absolute Gasteiger partial charge is 0.0693 e. The van der Waals surface area contributed by atoms with Crippen molar-refractivity contribution < 1.29 is 5.11 Å². The fourth-order valence-corrected chi connectivity index (χ4v) is 2.69. The Morgan fingerprint density at radius 2 is 2.12 bits per heavy atom. The van der Waals surface area contributed by atoms with E-state index in [0.29, 0.717) is 0 Å². The van der Waals surface area contributed by atoms with Crippen LogP contribution in [0, 0.1) is 6.92 Å². The van der Waals surface area contributed by atoms with Crippen LogP contribution < -0.4 is 5.32 Å². The van der Waals surface area contributed by atoms with Gasteiger partial charge in [0.05, 0.1) is 6.10 Å². The van der Waals surface area contributed by atoms with E-state index >= 15 is 0 Å². The minimum absolute atomic E-state index is 0.201. The number of benzene rings is 1. The molecule has 1 aliphatic rings. The van der Waals surface area contributed by atoms with E-state index in [9.17, 15) is 5.11 Å². The highest BCUT2D eigenvalue weighted by molar-refractivity contribution is 6.31. The second kappa shape index (κ2) is 5.85. The fraction of sp³-hybridized carbons (Fsp3) is 0.571. The Kier molecular flexibility index (Phi) is 4.43. The van der Waals surface area contributed by atoms with Crippen molar-refractivity contribution >= 4 is 11.6 Å². The lowest BCUT2D eigenvalue weighted by Crippen LogP contribution is -2.41. The molecule has 2 unspecified atom stereocenters. The summed E-state index contributed by atoms with van der Waals surface area (Å²) < 4.78 is 0. The lowest BCUT2D eigenvalue weighted by atomic mass is 9.92. The summed E-state index contributed by atoms with van der Waals surface area (Å²) in [6.07, 6.45) is 4.12. The van der Waals surface area contributed by atoms with Crippen LogP contribution in [0.2, 0.25) is 5.02 Å². The lowest BCUT2D eigenvalue weighted by molar-refractivity contribution is 0.0902. The normalized spacial score (nSPS) is 24.9. The van der Waals surface area contributed by atoms with Crippen LogP contribution in [-0.2, 0) is 6.54 Å². The fourth-order valence-electron chi connectivity index (χ4n) is 2.39. The second-order valence-corrected chi connectivity index (χ2v) is 5.34. The Balaban J connectivity index is 1.92. The average Bonchev–Trinajstić information content (AvgIpc) is 2.30. The third-order valence-corrected chi connectivity index (χ3v) is 3.84. The number of aliphatic hydroxyl groups excluding tert-OH is 1. The van der Waals surface area contributed by atoms with E-state index < -0.39 is 0 Å². The summed E-state index contributed by atoms with van der Waals surface area (Å²) in [5, 5.41) is 14.1. The maximum atomic E-state index is 9.86. The molecule has 0 radical (unpaired) electrons. The van der Waals surface area contributed by atoms with Crippen molar-refractivity contribution in [1.82, 2.24) is 5.32 Å². The zero-order valence-electron chi connectivity index (χ0n) is 10.2. The Morgan fingerprint density at radius 1 is 1.35 bits per heavy atom. The van der Waals surface area contributed by atoms with Crippen LogP contribution >= 0.6 is 11.6 Å². The largest absolute Gasteiger partial charge is 0.392 e. The number of hydrogen-bond donors (Lipinski definition) is 2. The number of aliphatic hydroxyl groups is 1. The van der Waals surface area contributed by atoms with Gasteiger partial charge in [0, 0.05) is 17.6 Å². The Bertz CT molecular complexity index is 380. The highest BCUT2D eigenvalue weighted by atomic mass is 35.5. The Morgan fingerprint density at radius 3 is 2.82 bits per heavy atom. The van der Waals surface area contributed by atoms with Gasteiger partial charge >= 0.3 is 0 Å². The maximum absolute atomic E-state index is 9.86. The van der Waals surface area contributed by atoms with Crippen LogP contribution in [0.25, 0.3) is 0 Å². The maximum Gasteiger partial charge on any atom is 0.0693 e. The molecule has 1 aliphatic carbocycles. The van der Waals surface area contributed by atoms with Crippen LogP contribution in [0.15, 0.2) is 18.2 Å². The van der Waals surface area contributed by atoms with Crippen molar-refractivity contribution in [2.75, 3.05) is 0 Å². The Hall–Kier alpha value is -0.570. The van der Waals surface area contributed by atoms with Crippen molar-refractivity contribution in [1.29, 1.82) is 0 Å². The summed E-state index contributed by atoms with van der Waals surface area (Å²) in [6.45, 7) is 2.77. The first-order chi connectivity index (χ1) is 8.16. The molecule has 0 amide bonds. The van der Waals surface area contributed by atoms with Gasteiger partial charge in [-0.15, -0.1) is 0 Å². The van der Waals surface area contributed by atoms with E-state index in [1.54, 1.807) is 0 Å². The van der Waals surface area contributed by atoms with Gasteiger partial charge in [0.2, 0.25) is 0 Å². The van der Waals surface area contributed by atoms with Gasteiger partial charge in [0.15, 0.2) is 0 Å². The van der Waals surface area contributed by atoms with Crippen molar-refractivity contribution in [2.45, 2.75) is 51.3 Å². The molecule has 2 rings (SSSR count). The highest BCUT2D eigenvalue weighted by Gasteiger charge is 2.22. The predicted molar refractivity (Wildman–Crippen MR) is 71.3 cm³/mol. The molecule has 17 heavy (non-hydrogen) atoms. The summed E-state index contributed by atoms with van der Waals surface area (Å²) in [7, 11) is 0. The van der Waals surface area contributed by atoms with E-state index in [1.165, 1.54) is 12.0 Å². The molecule has 0 heterocycles. The molecule has 0 bridgehead atoms. The first-order valence-electron chi connectivity index (χ1n) is 6.33. The molecular formula is C14H20ClNO. The van der Waals surface area contributed by atoms with E-state index in [1.807, 2.05) is 13.0 Å². The first-order valence-corrected chi connectivity index (χ1v) is 6.71. The lowest BCUT2D eigenvalue weighted by Gasteiger charge is -2.28. The molecule has 1 fully saturated rings. The second-order valence-electron chi connectivity index (χ2n) is 4.93. The van der Waals surface area contributed by atoms with Gasteiger partial charge in [-0.25, -0.2) is 0 Å². The van der Waals surface area contributed by atoms with E-state index in [0.717, 1.165) is 36.4 Å². The Labute approximate surface area is 108 Å². The van der Waals surface area contributed by atoms with Gasteiger partial charge in [0.1, 0.15) is 0 Å². The van der Waals surface area contributed by atoms with Crippen LogP contribution in [-0.4, -0.2) is 17.3 Å². The SMILES string of the molecule is Cc1ccc(CNC2CCCCC2O)c(Cl)c1. The molecule has 1 aromatic rings. The molecule has 0 aromatic heterocycles. The van der Waals surface area contributed by atoms with Gasteiger partial charge < -0.3 is 10.4 Å². The third kappa shape index (κ3) is 3.44. The molecule has 3 heteroatoms. The molecule has 94 valence electrons. The first kappa shape index (κ1) is 12.9. The summed E-state index contributed by atoms with van der Waals surface area (Å²) in [4.78, 5) is 0. The van der Waals surface area contributed by atoms with Crippen LogP contribution in [0.1, 0.15) is 36.8 Å². The molecule has 2 N–H and O–H groups in total. The highest BCUT2D eigenvalue weighted by Crippen LogP contribution is 2.21. The third-order valence-electron chi connectivity index (χ3n) is 3.49. The van der Waals surface area contributed by atoms with Gasteiger partial charge in [-0.05, 0) is 37.0 Å².